The van der Waals surface area contributed by atoms with Crippen LogP contribution in [0, 0.1) is 0 Å². The minimum Gasteiger partial charge on any atom is -0.394 e. The molecule has 0 aromatic carbocycles. The Labute approximate surface area is 68.6 Å². The molecule has 12 heavy (non-hydrogen) atoms. The third kappa shape index (κ3) is 0.995. The van der Waals surface area contributed by atoms with Gasteiger partial charge in [0.2, 0.25) is 0 Å². The maximum atomic E-state index is 12.6. The summed E-state index contributed by atoms with van der Waals surface area (Å²) in [5, 5.41) is 0. The first kappa shape index (κ1) is 7.34. The number of alkyl halides is 1. The molecule has 1 aliphatic rings. The highest BCUT2D eigenvalue weighted by atomic mass is 19.1. The van der Waals surface area contributed by atoms with Crippen LogP contribution < -0.4 is 11.3 Å². The first-order valence-electron chi connectivity index (χ1n) is 3.81. The van der Waals surface area contributed by atoms with Gasteiger partial charge in [0, 0.05) is 12.6 Å². The van der Waals surface area contributed by atoms with Crippen LogP contribution in [0.4, 0.5) is 10.1 Å². The van der Waals surface area contributed by atoms with Gasteiger partial charge >= 0.3 is 0 Å². The van der Waals surface area contributed by atoms with Crippen LogP contribution in [0.25, 0.3) is 0 Å². The van der Waals surface area contributed by atoms with Gasteiger partial charge < -0.3 is 10.3 Å². The molecule has 0 unspecified atom stereocenters. The first-order valence-corrected chi connectivity index (χ1v) is 3.81. The summed E-state index contributed by atoms with van der Waals surface area (Å²) in [4.78, 5) is 11.3. The van der Waals surface area contributed by atoms with Gasteiger partial charge in [-0.3, -0.25) is 4.79 Å². The van der Waals surface area contributed by atoms with E-state index in [0.717, 1.165) is 0 Å². The number of nitrogen functional groups attached to an aromatic ring is 1. The second-order valence-corrected chi connectivity index (χ2v) is 2.99. The Hall–Kier alpha value is -1.32. The standard InChI is InChI=1S/C8H9FN2O/c9-5-4-7(5)11-3-1-2-6(10)8(11)12/h1-3,5,7H,4,10H2/t5-,7+/m1/s1. The minimum atomic E-state index is -0.871. The zero-order valence-electron chi connectivity index (χ0n) is 6.40. The molecule has 2 rings (SSSR count). The Morgan fingerprint density at radius 2 is 2.33 bits per heavy atom. The predicted octanol–water partition coefficient (Wildman–Crippen LogP) is 0.713. The second-order valence-electron chi connectivity index (χ2n) is 2.99. The summed E-state index contributed by atoms with van der Waals surface area (Å²) in [6.45, 7) is 0. The fourth-order valence-electron chi connectivity index (χ4n) is 1.23. The number of nitrogens with zero attached hydrogens (tertiary/aromatic N) is 1. The van der Waals surface area contributed by atoms with Gasteiger partial charge in [-0.05, 0) is 12.1 Å². The topological polar surface area (TPSA) is 48.0 Å². The SMILES string of the molecule is Nc1cccn([C@H]2C[C@H]2F)c1=O. The maximum Gasteiger partial charge on any atom is 0.274 e. The molecule has 0 aliphatic heterocycles. The van der Waals surface area contributed by atoms with Gasteiger partial charge in [-0.15, -0.1) is 0 Å². The summed E-state index contributed by atoms with van der Waals surface area (Å²) in [6, 6.07) is 2.90. The van der Waals surface area contributed by atoms with Gasteiger partial charge in [0.1, 0.15) is 6.17 Å². The zero-order valence-corrected chi connectivity index (χ0v) is 6.40. The van der Waals surface area contributed by atoms with Crippen LogP contribution in [-0.2, 0) is 0 Å². The van der Waals surface area contributed by atoms with Crippen molar-refractivity contribution in [1.82, 2.24) is 4.57 Å². The number of aromatic nitrogens is 1. The molecule has 0 spiro atoms. The number of anilines is 1. The van der Waals surface area contributed by atoms with Crippen LogP contribution >= 0.6 is 0 Å². The number of rotatable bonds is 1. The van der Waals surface area contributed by atoms with E-state index in [9.17, 15) is 9.18 Å². The van der Waals surface area contributed by atoms with Gasteiger partial charge in [-0.25, -0.2) is 4.39 Å². The van der Waals surface area contributed by atoms with Crippen molar-refractivity contribution in [1.29, 1.82) is 0 Å². The first-order chi connectivity index (χ1) is 5.70. The molecule has 0 bridgehead atoms. The smallest absolute Gasteiger partial charge is 0.274 e. The molecule has 0 amide bonds. The lowest BCUT2D eigenvalue weighted by Crippen LogP contribution is -2.21. The van der Waals surface area contributed by atoms with E-state index < -0.39 is 6.17 Å². The Balaban J connectivity index is 2.45. The van der Waals surface area contributed by atoms with Crippen molar-refractivity contribution >= 4 is 5.69 Å². The molecule has 2 atom stereocenters. The van der Waals surface area contributed by atoms with E-state index in [-0.39, 0.29) is 17.3 Å². The molecule has 2 N–H and O–H groups in total. The Morgan fingerprint density at radius 3 is 2.92 bits per heavy atom. The van der Waals surface area contributed by atoms with Crippen molar-refractivity contribution in [3.05, 3.63) is 28.7 Å². The Kier molecular flexibility index (Phi) is 1.43. The average Bonchev–Trinajstić information content (AvgIpc) is 2.73. The quantitative estimate of drug-likeness (QED) is 0.671. The normalized spacial score (nSPS) is 27.1. The number of hydrogen-bond donors (Lipinski definition) is 1. The molecule has 1 fully saturated rings. The minimum absolute atomic E-state index is 0.177. The largest absolute Gasteiger partial charge is 0.394 e. The molecular weight excluding hydrogens is 159 g/mol. The van der Waals surface area contributed by atoms with Gasteiger partial charge in [0.05, 0.1) is 11.7 Å². The lowest BCUT2D eigenvalue weighted by molar-refractivity contribution is 0.438. The van der Waals surface area contributed by atoms with E-state index in [1.807, 2.05) is 0 Å². The highest BCUT2D eigenvalue weighted by Crippen LogP contribution is 2.37. The summed E-state index contributed by atoms with van der Waals surface area (Å²) in [5.74, 6) is 0. The molecule has 1 aliphatic carbocycles. The van der Waals surface area contributed by atoms with Crippen molar-refractivity contribution in [2.75, 3.05) is 5.73 Å². The van der Waals surface area contributed by atoms with Gasteiger partial charge in [0.15, 0.2) is 0 Å². The van der Waals surface area contributed by atoms with Crippen LogP contribution in [0.2, 0.25) is 0 Å². The van der Waals surface area contributed by atoms with Crippen LogP contribution in [-0.4, -0.2) is 10.7 Å². The molecule has 3 nitrogen and oxygen atoms in total. The third-order valence-electron chi connectivity index (χ3n) is 2.04. The van der Waals surface area contributed by atoms with Crippen LogP contribution in [0.15, 0.2) is 23.1 Å². The van der Waals surface area contributed by atoms with E-state index >= 15 is 0 Å². The summed E-state index contributed by atoms with van der Waals surface area (Å²) in [5.41, 5.74) is 5.26. The van der Waals surface area contributed by atoms with Crippen molar-refractivity contribution in [2.45, 2.75) is 18.6 Å². The van der Waals surface area contributed by atoms with Crippen molar-refractivity contribution in [2.24, 2.45) is 0 Å². The van der Waals surface area contributed by atoms with Crippen molar-refractivity contribution in [3.63, 3.8) is 0 Å². The van der Waals surface area contributed by atoms with Gasteiger partial charge in [-0.1, -0.05) is 0 Å². The number of halogens is 1. The van der Waals surface area contributed by atoms with Crippen LogP contribution in [0.1, 0.15) is 12.5 Å². The molecule has 0 radical (unpaired) electrons. The van der Waals surface area contributed by atoms with Crippen LogP contribution in [0.3, 0.4) is 0 Å². The van der Waals surface area contributed by atoms with Gasteiger partial charge in [0.25, 0.3) is 5.56 Å². The molecule has 64 valence electrons. The Morgan fingerprint density at radius 1 is 1.67 bits per heavy atom. The van der Waals surface area contributed by atoms with E-state index in [1.54, 1.807) is 12.3 Å². The third-order valence-corrected chi connectivity index (χ3v) is 2.04. The van der Waals surface area contributed by atoms with Crippen LogP contribution in [0.5, 0.6) is 0 Å². The molecule has 0 saturated heterocycles. The fourth-order valence-corrected chi connectivity index (χ4v) is 1.23. The second kappa shape index (κ2) is 2.33. The predicted molar refractivity (Wildman–Crippen MR) is 43.7 cm³/mol. The van der Waals surface area contributed by atoms with E-state index in [1.165, 1.54) is 10.6 Å². The van der Waals surface area contributed by atoms with Gasteiger partial charge in [-0.2, -0.15) is 0 Å². The molecule has 1 aromatic rings. The fraction of sp³-hybridized carbons (Fsp3) is 0.375. The highest BCUT2D eigenvalue weighted by molar-refractivity contribution is 5.34. The zero-order chi connectivity index (χ0) is 8.72. The number of pyridine rings is 1. The highest BCUT2D eigenvalue weighted by Gasteiger charge is 2.39. The van der Waals surface area contributed by atoms with E-state index in [0.29, 0.717) is 6.42 Å². The summed E-state index contributed by atoms with van der Waals surface area (Å²) < 4.78 is 13.9. The molecule has 4 heteroatoms. The monoisotopic (exact) mass is 168 g/mol. The number of hydrogen-bond acceptors (Lipinski definition) is 2. The lowest BCUT2D eigenvalue weighted by atomic mass is 10.4. The maximum absolute atomic E-state index is 12.6. The average molecular weight is 168 g/mol. The molecule has 1 aromatic heterocycles. The summed E-state index contributed by atoms with van der Waals surface area (Å²) in [6.07, 6.45) is 1.14. The summed E-state index contributed by atoms with van der Waals surface area (Å²) >= 11 is 0. The lowest BCUT2D eigenvalue weighted by Gasteiger charge is -2.02. The summed E-state index contributed by atoms with van der Waals surface area (Å²) in [7, 11) is 0. The molecule has 1 heterocycles. The molecule has 1 saturated carbocycles. The number of nitrogens with two attached hydrogens (primary N) is 1. The van der Waals surface area contributed by atoms with E-state index in [4.69, 9.17) is 5.73 Å². The van der Waals surface area contributed by atoms with Crippen molar-refractivity contribution in [3.8, 4) is 0 Å². The van der Waals surface area contributed by atoms with Crippen molar-refractivity contribution < 1.29 is 4.39 Å². The van der Waals surface area contributed by atoms with E-state index in [2.05, 4.69) is 0 Å². The molecular formula is C8H9FN2O. The Bertz CT molecular complexity index is 360.